The molecule has 2 nitrogen and oxygen atoms in total. The summed E-state index contributed by atoms with van der Waals surface area (Å²) in [4.78, 5) is 0. The SMILES string of the molecule is CCCCCCCCC(CCCc1cc(C(F)(F)F)cc(C(F)(F)F)c1)C(CC)(OC)OC. The van der Waals surface area contributed by atoms with Gasteiger partial charge in [0.2, 0.25) is 0 Å². The summed E-state index contributed by atoms with van der Waals surface area (Å²) in [7, 11) is 3.15. The van der Waals surface area contributed by atoms with E-state index >= 15 is 0 Å². The molecule has 33 heavy (non-hydrogen) atoms. The molecule has 0 bridgehead atoms. The predicted octanol–water partition coefficient (Wildman–Crippen LogP) is 8.81. The summed E-state index contributed by atoms with van der Waals surface area (Å²) in [5.74, 6) is -0.814. The maximum atomic E-state index is 13.1. The first kappa shape index (κ1) is 29.8. The largest absolute Gasteiger partial charge is 0.416 e. The van der Waals surface area contributed by atoms with E-state index in [0.717, 1.165) is 37.8 Å². The van der Waals surface area contributed by atoms with E-state index in [-0.39, 0.29) is 24.0 Å². The Morgan fingerprint density at radius 3 is 1.64 bits per heavy atom. The standard InChI is InChI=1S/C25H38F6O2/c1-5-7-8-9-10-11-14-20(23(6-2,32-3)33-4)15-12-13-19-16-21(24(26,27)28)18-22(17-19)25(29,30)31/h16-18,20H,5-15H2,1-4H3. The smallest absolute Gasteiger partial charge is 0.353 e. The third kappa shape index (κ3) is 9.47. The van der Waals surface area contributed by atoms with E-state index in [1.54, 1.807) is 14.2 Å². The summed E-state index contributed by atoms with van der Waals surface area (Å²) in [6.07, 6.45) is -0.342. The second kappa shape index (κ2) is 13.6. The molecule has 8 heteroatoms. The Labute approximate surface area is 194 Å². The number of aryl methyl sites for hydroxylation is 1. The summed E-state index contributed by atoms with van der Waals surface area (Å²) >= 11 is 0. The van der Waals surface area contributed by atoms with Gasteiger partial charge in [-0.25, -0.2) is 0 Å². The van der Waals surface area contributed by atoms with Crippen LogP contribution in [-0.2, 0) is 28.2 Å². The zero-order valence-electron chi connectivity index (χ0n) is 20.2. The maximum absolute atomic E-state index is 13.1. The Balaban J connectivity index is 2.92. The van der Waals surface area contributed by atoms with E-state index in [9.17, 15) is 26.3 Å². The highest BCUT2D eigenvalue weighted by molar-refractivity contribution is 5.33. The number of halogens is 6. The van der Waals surface area contributed by atoms with Crippen LogP contribution in [0.1, 0.15) is 94.7 Å². The Kier molecular flexibility index (Phi) is 12.2. The molecule has 0 saturated heterocycles. The van der Waals surface area contributed by atoms with Crippen molar-refractivity contribution in [3.63, 3.8) is 0 Å². The van der Waals surface area contributed by atoms with Crippen LogP contribution >= 0.6 is 0 Å². The van der Waals surface area contributed by atoms with Crippen molar-refractivity contribution in [3.8, 4) is 0 Å². The minimum Gasteiger partial charge on any atom is -0.353 e. The number of hydrogen-bond acceptors (Lipinski definition) is 2. The third-order valence-corrected chi connectivity index (χ3v) is 6.38. The Morgan fingerprint density at radius 1 is 0.697 bits per heavy atom. The highest BCUT2D eigenvalue weighted by Crippen LogP contribution is 2.38. The van der Waals surface area contributed by atoms with E-state index in [0.29, 0.717) is 19.3 Å². The lowest BCUT2D eigenvalue weighted by atomic mass is 9.85. The van der Waals surface area contributed by atoms with Crippen LogP contribution in [0.25, 0.3) is 0 Å². The van der Waals surface area contributed by atoms with E-state index in [1.165, 1.54) is 19.3 Å². The number of unbranched alkanes of at least 4 members (excludes halogenated alkanes) is 5. The van der Waals surface area contributed by atoms with Gasteiger partial charge in [0.1, 0.15) is 0 Å². The average molecular weight is 485 g/mol. The first-order chi connectivity index (χ1) is 15.4. The minimum atomic E-state index is -4.83. The van der Waals surface area contributed by atoms with Gasteiger partial charge in [-0.1, -0.05) is 52.4 Å². The van der Waals surface area contributed by atoms with Gasteiger partial charge in [0.15, 0.2) is 5.79 Å². The second-order valence-corrected chi connectivity index (χ2v) is 8.63. The summed E-state index contributed by atoms with van der Waals surface area (Å²) in [6.45, 7) is 4.11. The molecule has 0 amide bonds. The van der Waals surface area contributed by atoms with Crippen LogP contribution in [0.5, 0.6) is 0 Å². The number of rotatable bonds is 15. The quantitative estimate of drug-likeness (QED) is 0.141. The number of ether oxygens (including phenoxy) is 2. The lowest BCUT2D eigenvalue weighted by Crippen LogP contribution is -2.41. The van der Waals surface area contributed by atoms with Crippen LogP contribution in [0, 0.1) is 5.92 Å². The van der Waals surface area contributed by atoms with Gasteiger partial charge in [-0.15, -0.1) is 0 Å². The number of alkyl halides is 6. The van der Waals surface area contributed by atoms with Crippen LogP contribution in [0.4, 0.5) is 26.3 Å². The molecule has 0 heterocycles. The van der Waals surface area contributed by atoms with Gasteiger partial charge in [0.05, 0.1) is 11.1 Å². The normalized spacial score (nSPS) is 14.0. The van der Waals surface area contributed by atoms with Crippen molar-refractivity contribution in [1.82, 2.24) is 0 Å². The van der Waals surface area contributed by atoms with Crippen LogP contribution in [-0.4, -0.2) is 20.0 Å². The second-order valence-electron chi connectivity index (χ2n) is 8.63. The van der Waals surface area contributed by atoms with E-state index in [4.69, 9.17) is 9.47 Å². The molecule has 0 radical (unpaired) electrons. The lowest BCUT2D eigenvalue weighted by molar-refractivity contribution is -0.244. The van der Waals surface area contributed by atoms with Crippen LogP contribution < -0.4 is 0 Å². The van der Waals surface area contributed by atoms with E-state index in [1.807, 2.05) is 6.92 Å². The minimum absolute atomic E-state index is 0.00318. The van der Waals surface area contributed by atoms with Crippen molar-refractivity contribution < 1.29 is 35.8 Å². The maximum Gasteiger partial charge on any atom is 0.416 e. The molecule has 0 aromatic heterocycles. The molecule has 0 fully saturated rings. The first-order valence-corrected chi connectivity index (χ1v) is 11.8. The lowest BCUT2D eigenvalue weighted by Gasteiger charge is -2.38. The van der Waals surface area contributed by atoms with Crippen LogP contribution in [0.3, 0.4) is 0 Å². The monoisotopic (exact) mass is 484 g/mol. The van der Waals surface area contributed by atoms with Crippen molar-refractivity contribution >= 4 is 0 Å². The van der Waals surface area contributed by atoms with Crippen LogP contribution in [0.2, 0.25) is 0 Å². The average Bonchev–Trinajstić information content (AvgIpc) is 2.75. The fourth-order valence-corrected chi connectivity index (χ4v) is 4.47. The molecular weight excluding hydrogens is 446 g/mol. The van der Waals surface area contributed by atoms with Gasteiger partial charge in [0.25, 0.3) is 0 Å². The molecule has 0 aliphatic rings. The van der Waals surface area contributed by atoms with Gasteiger partial charge >= 0.3 is 12.4 Å². The zero-order valence-corrected chi connectivity index (χ0v) is 20.2. The molecule has 1 aromatic carbocycles. The molecule has 0 N–H and O–H groups in total. The Bertz CT molecular complexity index is 640. The van der Waals surface area contributed by atoms with Crippen molar-refractivity contribution in [1.29, 1.82) is 0 Å². The molecule has 0 saturated carbocycles. The van der Waals surface area contributed by atoms with Gasteiger partial charge in [-0.05, 0) is 55.9 Å². The number of methoxy groups -OCH3 is 2. The van der Waals surface area contributed by atoms with Crippen molar-refractivity contribution in [3.05, 3.63) is 34.9 Å². The molecule has 1 rings (SSSR count). The molecular formula is C25H38F6O2. The molecule has 192 valence electrons. The molecule has 1 aromatic rings. The molecule has 1 unspecified atom stereocenters. The first-order valence-electron chi connectivity index (χ1n) is 11.8. The summed E-state index contributed by atoms with van der Waals surface area (Å²) < 4.78 is 90.2. The summed E-state index contributed by atoms with van der Waals surface area (Å²) in [5, 5.41) is 0. The number of benzene rings is 1. The van der Waals surface area contributed by atoms with Crippen LogP contribution in [0.15, 0.2) is 18.2 Å². The van der Waals surface area contributed by atoms with E-state index < -0.39 is 29.3 Å². The highest BCUT2D eigenvalue weighted by Gasteiger charge is 2.38. The van der Waals surface area contributed by atoms with Gasteiger partial charge in [-0.3, -0.25) is 0 Å². The van der Waals surface area contributed by atoms with Crippen molar-refractivity contribution in [2.45, 2.75) is 103 Å². The summed E-state index contributed by atoms with van der Waals surface area (Å²) in [6, 6.07) is 1.80. The topological polar surface area (TPSA) is 18.5 Å². The van der Waals surface area contributed by atoms with Gasteiger partial charge in [-0.2, -0.15) is 26.3 Å². The van der Waals surface area contributed by atoms with E-state index in [2.05, 4.69) is 6.92 Å². The number of hydrogen-bond donors (Lipinski definition) is 0. The van der Waals surface area contributed by atoms with Crippen molar-refractivity contribution in [2.24, 2.45) is 5.92 Å². The molecule has 1 atom stereocenters. The van der Waals surface area contributed by atoms with Crippen molar-refractivity contribution in [2.75, 3.05) is 14.2 Å². The van der Waals surface area contributed by atoms with Gasteiger partial charge in [0, 0.05) is 20.1 Å². The molecule has 0 aliphatic heterocycles. The zero-order chi connectivity index (χ0) is 25.1. The predicted molar refractivity (Wildman–Crippen MR) is 118 cm³/mol. The Hall–Kier alpha value is -1.28. The molecule has 0 spiro atoms. The fourth-order valence-electron chi connectivity index (χ4n) is 4.47. The Morgan fingerprint density at radius 2 is 1.18 bits per heavy atom. The highest BCUT2D eigenvalue weighted by atomic mass is 19.4. The molecule has 0 aliphatic carbocycles. The van der Waals surface area contributed by atoms with Gasteiger partial charge < -0.3 is 9.47 Å². The summed E-state index contributed by atoms with van der Waals surface area (Å²) in [5.41, 5.74) is -2.51. The third-order valence-electron chi connectivity index (χ3n) is 6.38. The fraction of sp³-hybridized carbons (Fsp3) is 0.760.